The predicted octanol–water partition coefficient (Wildman–Crippen LogP) is 3.13. The molecule has 21 heavy (non-hydrogen) atoms. The zero-order valence-electron chi connectivity index (χ0n) is 11.5. The third-order valence-electron chi connectivity index (χ3n) is 3.25. The first kappa shape index (κ1) is 15.5. The topological polar surface area (TPSA) is 57.8 Å². The number of nitriles is 1. The summed E-state index contributed by atoms with van der Waals surface area (Å²) in [5, 5.41) is 11.7. The normalized spacial score (nSPS) is 11.8. The summed E-state index contributed by atoms with van der Waals surface area (Å²) in [5.74, 6) is -0.690. The Hall–Kier alpha value is -1.88. The van der Waals surface area contributed by atoms with Crippen molar-refractivity contribution in [1.29, 1.82) is 5.26 Å². The second-order valence-electron chi connectivity index (χ2n) is 4.61. The summed E-state index contributed by atoms with van der Waals surface area (Å²) in [6, 6.07) is 9.47. The fourth-order valence-corrected chi connectivity index (χ4v) is 3.05. The van der Waals surface area contributed by atoms with Gasteiger partial charge >= 0.3 is 0 Å². The van der Waals surface area contributed by atoms with Gasteiger partial charge in [-0.3, -0.25) is 4.79 Å². The molecule has 0 saturated heterocycles. The first-order valence-electron chi connectivity index (χ1n) is 6.26. The van der Waals surface area contributed by atoms with Crippen LogP contribution in [0.5, 0.6) is 0 Å². The van der Waals surface area contributed by atoms with Crippen LogP contribution in [-0.4, -0.2) is 10.5 Å². The Morgan fingerprint density at radius 2 is 2.14 bits per heavy atom. The molecule has 1 atom stereocenters. The van der Waals surface area contributed by atoms with E-state index < -0.39 is 6.04 Å². The minimum atomic E-state index is -0.467. The van der Waals surface area contributed by atoms with Gasteiger partial charge in [0.05, 0.1) is 6.04 Å². The summed E-state index contributed by atoms with van der Waals surface area (Å²) in [4.78, 5) is 12.2. The van der Waals surface area contributed by atoms with Crippen molar-refractivity contribution in [3.63, 3.8) is 0 Å². The molecule has 0 aliphatic carbocycles. The van der Waals surface area contributed by atoms with E-state index in [1.54, 1.807) is 38.2 Å². The highest BCUT2D eigenvalue weighted by molar-refractivity contribution is 14.1. The lowest BCUT2D eigenvalue weighted by Crippen LogP contribution is -2.29. The summed E-state index contributed by atoms with van der Waals surface area (Å²) in [6.07, 6.45) is 0. The Bertz CT molecular complexity index is 713. The molecule has 0 radical (unpaired) electrons. The van der Waals surface area contributed by atoms with Gasteiger partial charge in [0.1, 0.15) is 23.3 Å². The van der Waals surface area contributed by atoms with E-state index in [1.807, 2.05) is 28.7 Å². The Morgan fingerprint density at radius 3 is 2.71 bits per heavy atom. The Kier molecular flexibility index (Phi) is 4.63. The number of rotatable bonds is 3. The molecule has 0 saturated carbocycles. The van der Waals surface area contributed by atoms with Crippen LogP contribution in [0.3, 0.4) is 0 Å². The maximum Gasteiger partial charge on any atom is 0.268 e. The van der Waals surface area contributed by atoms with Gasteiger partial charge in [-0.1, -0.05) is 6.07 Å². The largest absolute Gasteiger partial charge is 0.344 e. The molecular formula is C15H13FIN3O. The van der Waals surface area contributed by atoms with Crippen molar-refractivity contribution in [2.75, 3.05) is 0 Å². The quantitative estimate of drug-likeness (QED) is 0.810. The first-order chi connectivity index (χ1) is 9.95. The van der Waals surface area contributed by atoms with Crippen molar-refractivity contribution < 1.29 is 9.18 Å². The molecule has 1 N–H and O–H groups in total. The number of nitrogens with zero attached hydrogens (tertiary/aromatic N) is 2. The standard InChI is InChI=1S/C15H13FIN3O/c1-9(14-11(16)4-3-5-12(14)17)19-15(21)13-7-6-10(8-18)20(13)2/h3-7,9H,1-2H3,(H,19,21)/t9-/m0/s1. The first-order valence-corrected chi connectivity index (χ1v) is 7.34. The molecule has 1 aromatic heterocycles. The Balaban J connectivity index is 2.23. The molecule has 0 unspecified atom stereocenters. The fraction of sp³-hybridized carbons (Fsp3) is 0.200. The van der Waals surface area contributed by atoms with E-state index in [9.17, 15) is 9.18 Å². The highest BCUT2D eigenvalue weighted by atomic mass is 127. The Morgan fingerprint density at radius 1 is 1.43 bits per heavy atom. The average Bonchev–Trinajstić information content (AvgIpc) is 2.79. The zero-order chi connectivity index (χ0) is 15.6. The number of amides is 1. The summed E-state index contributed by atoms with van der Waals surface area (Å²) >= 11 is 2.04. The third kappa shape index (κ3) is 3.08. The highest BCUT2D eigenvalue weighted by Crippen LogP contribution is 2.23. The molecule has 0 fully saturated rings. The fourth-order valence-electron chi connectivity index (χ4n) is 2.12. The van der Waals surface area contributed by atoms with Gasteiger partial charge in [0.2, 0.25) is 0 Å². The van der Waals surface area contributed by atoms with Crippen molar-refractivity contribution in [3.05, 3.63) is 56.7 Å². The molecule has 0 aliphatic rings. The zero-order valence-corrected chi connectivity index (χ0v) is 13.7. The minimum absolute atomic E-state index is 0.342. The minimum Gasteiger partial charge on any atom is -0.344 e. The summed E-state index contributed by atoms with van der Waals surface area (Å²) in [7, 11) is 1.64. The van der Waals surface area contributed by atoms with E-state index in [4.69, 9.17) is 5.26 Å². The van der Waals surface area contributed by atoms with Crippen LogP contribution in [0.1, 0.15) is 34.7 Å². The molecule has 2 aromatic rings. The molecule has 1 aromatic carbocycles. The lowest BCUT2D eigenvalue weighted by Gasteiger charge is -2.17. The van der Waals surface area contributed by atoms with Gasteiger partial charge in [0.15, 0.2) is 0 Å². The van der Waals surface area contributed by atoms with Gasteiger partial charge in [-0.2, -0.15) is 5.26 Å². The smallest absolute Gasteiger partial charge is 0.268 e. The number of nitrogens with one attached hydrogen (secondary N) is 1. The van der Waals surface area contributed by atoms with Gasteiger partial charge in [-0.15, -0.1) is 0 Å². The van der Waals surface area contributed by atoms with E-state index in [1.165, 1.54) is 10.6 Å². The van der Waals surface area contributed by atoms with Gasteiger partial charge in [0, 0.05) is 16.2 Å². The summed E-state index contributed by atoms with van der Waals surface area (Å²) in [5.41, 5.74) is 1.22. The van der Waals surface area contributed by atoms with E-state index in [0.717, 1.165) is 3.57 Å². The number of halogens is 2. The predicted molar refractivity (Wildman–Crippen MR) is 85.1 cm³/mol. The van der Waals surface area contributed by atoms with Crippen molar-refractivity contribution in [2.45, 2.75) is 13.0 Å². The lowest BCUT2D eigenvalue weighted by atomic mass is 10.1. The average molecular weight is 397 g/mol. The van der Waals surface area contributed by atoms with Crippen molar-refractivity contribution >= 4 is 28.5 Å². The van der Waals surface area contributed by atoms with Gasteiger partial charge < -0.3 is 9.88 Å². The van der Waals surface area contributed by atoms with Crippen molar-refractivity contribution in [1.82, 2.24) is 9.88 Å². The van der Waals surface area contributed by atoms with Gasteiger partial charge in [-0.25, -0.2) is 4.39 Å². The lowest BCUT2D eigenvalue weighted by molar-refractivity contribution is 0.0931. The van der Waals surface area contributed by atoms with E-state index in [-0.39, 0.29) is 11.7 Å². The van der Waals surface area contributed by atoms with E-state index in [2.05, 4.69) is 5.32 Å². The molecule has 2 rings (SSSR count). The SMILES string of the molecule is C[C@H](NC(=O)c1ccc(C#N)n1C)c1c(F)cccc1I. The van der Waals surface area contributed by atoms with Crippen molar-refractivity contribution in [2.24, 2.45) is 7.05 Å². The van der Waals surface area contributed by atoms with Crippen LogP contribution in [0.2, 0.25) is 0 Å². The molecule has 0 aliphatic heterocycles. The summed E-state index contributed by atoms with van der Waals surface area (Å²) in [6.45, 7) is 1.73. The number of carbonyl (C=O) groups excluding carboxylic acids is 1. The van der Waals surface area contributed by atoms with Crippen LogP contribution in [0.15, 0.2) is 30.3 Å². The van der Waals surface area contributed by atoms with Gasteiger partial charge in [0.25, 0.3) is 5.91 Å². The maximum absolute atomic E-state index is 13.9. The molecular weight excluding hydrogens is 384 g/mol. The van der Waals surface area contributed by atoms with E-state index in [0.29, 0.717) is 17.0 Å². The van der Waals surface area contributed by atoms with Crippen LogP contribution < -0.4 is 5.32 Å². The number of benzene rings is 1. The molecule has 108 valence electrons. The Labute approximate surface area is 135 Å². The van der Waals surface area contributed by atoms with Crippen LogP contribution in [0.4, 0.5) is 4.39 Å². The van der Waals surface area contributed by atoms with Crippen LogP contribution in [0, 0.1) is 20.7 Å². The molecule has 6 heteroatoms. The molecule has 0 bridgehead atoms. The molecule has 1 amide bonds. The number of hydrogen-bond donors (Lipinski definition) is 1. The molecule has 4 nitrogen and oxygen atoms in total. The number of carbonyl (C=O) groups is 1. The van der Waals surface area contributed by atoms with Crippen LogP contribution in [0.25, 0.3) is 0 Å². The highest BCUT2D eigenvalue weighted by Gasteiger charge is 2.19. The summed E-state index contributed by atoms with van der Waals surface area (Å²) < 4.78 is 16.2. The van der Waals surface area contributed by atoms with Gasteiger partial charge in [-0.05, 0) is 53.8 Å². The molecule has 1 heterocycles. The van der Waals surface area contributed by atoms with Crippen molar-refractivity contribution in [3.8, 4) is 6.07 Å². The number of hydrogen-bond acceptors (Lipinski definition) is 2. The third-order valence-corrected chi connectivity index (χ3v) is 4.19. The monoisotopic (exact) mass is 397 g/mol. The second kappa shape index (κ2) is 6.26. The van der Waals surface area contributed by atoms with Crippen LogP contribution >= 0.6 is 22.6 Å². The number of aromatic nitrogens is 1. The van der Waals surface area contributed by atoms with Crippen LogP contribution in [-0.2, 0) is 7.05 Å². The maximum atomic E-state index is 13.9. The van der Waals surface area contributed by atoms with E-state index >= 15 is 0 Å². The second-order valence-corrected chi connectivity index (χ2v) is 5.77. The molecule has 0 spiro atoms.